The van der Waals surface area contributed by atoms with Crippen LogP contribution >= 0.6 is 7.92 Å². The van der Waals surface area contributed by atoms with Gasteiger partial charge in [0.1, 0.15) is 40.3 Å². The second kappa shape index (κ2) is 16.2. The van der Waals surface area contributed by atoms with E-state index in [2.05, 4.69) is 115 Å². The number of benzene rings is 7. The van der Waals surface area contributed by atoms with Crippen LogP contribution in [-0.4, -0.2) is 48.4 Å². The quantitative estimate of drug-likeness (QED) is 0.121. The molecule has 2 unspecified atom stereocenters. The third kappa shape index (κ3) is 7.02. The lowest BCUT2D eigenvalue weighted by atomic mass is 9.92. The summed E-state index contributed by atoms with van der Waals surface area (Å²) in [5, 5.41) is 5.48. The highest BCUT2D eigenvalue weighted by atomic mass is 31.1. The molecular weight excluding hydrogens is 732 g/mol. The molecule has 7 aromatic rings. The lowest BCUT2D eigenvalue weighted by molar-refractivity contribution is -0.119. The molecule has 57 heavy (non-hydrogen) atoms. The van der Waals surface area contributed by atoms with E-state index in [4.69, 9.17) is 28.4 Å². The normalized spacial score (nSPS) is 16.7. The Bertz CT molecular complexity index is 2400. The molecule has 1 heterocycles. The van der Waals surface area contributed by atoms with Crippen molar-refractivity contribution in [2.24, 2.45) is 0 Å². The third-order valence-corrected chi connectivity index (χ3v) is 14.4. The van der Waals surface area contributed by atoms with Gasteiger partial charge in [0.05, 0.1) is 42.7 Å². The first-order valence-corrected chi connectivity index (χ1v) is 20.4. The summed E-state index contributed by atoms with van der Waals surface area (Å²) in [6.45, 7) is 0. The van der Waals surface area contributed by atoms with Gasteiger partial charge in [-0.15, -0.1) is 0 Å². The molecule has 1 aliphatic heterocycles. The number of ether oxygens (including phenoxy) is 6. The molecule has 1 saturated heterocycles. The fourth-order valence-electron chi connectivity index (χ4n) is 8.46. The van der Waals surface area contributed by atoms with Crippen LogP contribution in [0.5, 0.6) is 34.5 Å². The van der Waals surface area contributed by atoms with Gasteiger partial charge >= 0.3 is 0 Å². The summed E-state index contributed by atoms with van der Waals surface area (Å²) in [5.74, 6) is 4.36. The van der Waals surface area contributed by atoms with Crippen molar-refractivity contribution in [3.05, 3.63) is 139 Å². The molecule has 0 saturated carbocycles. The smallest absolute Gasteiger partial charge is 0.134 e. The number of rotatable bonds is 11. The zero-order chi connectivity index (χ0) is 39.6. The summed E-state index contributed by atoms with van der Waals surface area (Å²) in [6, 6.07) is 43.7. The molecule has 0 amide bonds. The number of Topliss-reactive ketones (excluding diaryl/α,β-unsaturated/α-hetero) is 1. The summed E-state index contributed by atoms with van der Waals surface area (Å²) in [5.41, 5.74) is 5.53. The minimum atomic E-state index is -1.33. The number of carbonyl (C=O) groups excluding carboxylic acids is 1. The van der Waals surface area contributed by atoms with Crippen molar-refractivity contribution in [1.29, 1.82) is 0 Å². The van der Waals surface area contributed by atoms with Gasteiger partial charge in [-0.05, 0) is 85.5 Å². The van der Waals surface area contributed by atoms with Gasteiger partial charge in [-0.1, -0.05) is 86.8 Å². The number of methoxy groups -OCH3 is 6. The molecule has 0 spiro atoms. The van der Waals surface area contributed by atoms with Crippen LogP contribution in [0.3, 0.4) is 0 Å². The topological polar surface area (TPSA) is 72.5 Å². The Balaban J connectivity index is 1.56. The molecule has 0 aliphatic carbocycles. The van der Waals surface area contributed by atoms with Crippen molar-refractivity contribution in [3.63, 3.8) is 0 Å². The first-order chi connectivity index (χ1) is 27.9. The van der Waals surface area contributed by atoms with Crippen LogP contribution in [0.1, 0.15) is 35.3 Å². The summed E-state index contributed by atoms with van der Waals surface area (Å²) in [6.07, 6.45) is 0.680. The Labute approximate surface area is 334 Å². The van der Waals surface area contributed by atoms with Gasteiger partial charge in [0, 0.05) is 47.4 Å². The first-order valence-electron chi connectivity index (χ1n) is 18.9. The van der Waals surface area contributed by atoms with E-state index in [9.17, 15) is 4.79 Å². The van der Waals surface area contributed by atoms with Crippen molar-refractivity contribution in [2.75, 3.05) is 42.7 Å². The minimum Gasteiger partial charge on any atom is -0.497 e. The van der Waals surface area contributed by atoms with Crippen LogP contribution in [0.4, 0.5) is 0 Å². The van der Waals surface area contributed by atoms with E-state index >= 15 is 0 Å². The lowest BCUT2D eigenvalue weighted by Crippen LogP contribution is -2.26. The molecule has 1 aliphatic rings. The van der Waals surface area contributed by atoms with E-state index in [1.165, 1.54) is 0 Å². The zero-order valence-corrected chi connectivity index (χ0v) is 33.9. The molecular formula is C49H45O7P. The van der Waals surface area contributed by atoms with Crippen molar-refractivity contribution in [1.82, 2.24) is 0 Å². The van der Waals surface area contributed by atoms with Gasteiger partial charge in [0.2, 0.25) is 0 Å². The fourth-order valence-corrected chi connectivity index (χ4v) is 12.2. The Morgan fingerprint density at radius 2 is 0.860 bits per heavy atom. The van der Waals surface area contributed by atoms with E-state index in [1.54, 1.807) is 42.7 Å². The molecule has 7 nitrogen and oxygen atoms in total. The number of carbonyl (C=O) groups is 1. The van der Waals surface area contributed by atoms with Crippen LogP contribution in [-0.2, 0) is 4.79 Å². The Morgan fingerprint density at radius 3 is 1.25 bits per heavy atom. The summed E-state index contributed by atoms with van der Waals surface area (Å²) in [7, 11) is 8.76. The summed E-state index contributed by atoms with van der Waals surface area (Å²) in [4.78, 5) is 14.3. The average Bonchev–Trinajstić information content (AvgIpc) is 3.27. The fraction of sp³-hybridized carbons (Fsp3) is 0.204. The van der Waals surface area contributed by atoms with Crippen LogP contribution in [0, 0.1) is 0 Å². The highest BCUT2D eigenvalue weighted by molar-refractivity contribution is 7.67. The van der Waals surface area contributed by atoms with Crippen LogP contribution in [0.25, 0.3) is 43.8 Å². The Kier molecular flexibility index (Phi) is 10.8. The molecule has 8 rings (SSSR count). The zero-order valence-electron chi connectivity index (χ0n) is 33.0. The number of fused-ring (bicyclic) bond motifs is 2. The maximum Gasteiger partial charge on any atom is 0.134 e. The Morgan fingerprint density at radius 1 is 0.456 bits per heavy atom. The average molecular weight is 777 g/mol. The number of ketones is 1. The molecule has 0 N–H and O–H groups in total. The van der Waals surface area contributed by atoms with Crippen LogP contribution in [0.2, 0.25) is 0 Å². The lowest BCUT2D eigenvalue weighted by Gasteiger charge is -2.41. The predicted octanol–water partition coefficient (Wildman–Crippen LogP) is 11.3. The highest BCUT2D eigenvalue weighted by Gasteiger charge is 2.43. The largest absolute Gasteiger partial charge is 0.497 e. The molecule has 0 radical (unpaired) electrons. The van der Waals surface area contributed by atoms with E-state index in [0.717, 1.165) is 71.7 Å². The molecule has 1 fully saturated rings. The summed E-state index contributed by atoms with van der Waals surface area (Å²) >= 11 is 0. The van der Waals surface area contributed by atoms with Gasteiger partial charge in [-0.2, -0.15) is 0 Å². The first kappa shape index (κ1) is 37.9. The SMILES string of the molecule is COc1cc(OC)cc(C2CC(=O)CC(c3cc(OC)cc(OC)c3)P2c2c(-c3c(OC)ccc4ccccc34)cccc2-c2c(OC)ccc3ccccc23)c1. The second-order valence-electron chi connectivity index (χ2n) is 14.1. The third-order valence-electron chi connectivity index (χ3n) is 11.1. The van der Waals surface area contributed by atoms with E-state index < -0.39 is 7.92 Å². The van der Waals surface area contributed by atoms with Gasteiger partial charge < -0.3 is 28.4 Å². The van der Waals surface area contributed by atoms with Crippen molar-refractivity contribution >= 4 is 40.6 Å². The van der Waals surface area contributed by atoms with E-state index in [-0.39, 0.29) is 17.1 Å². The van der Waals surface area contributed by atoms with Gasteiger partial charge in [-0.3, -0.25) is 4.79 Å². The van der Waals surface area contributed by atoms with E-state index in [0.29, 0.717) is 35.8 Å². The molecule has 2 atom stereocenters. The molecule has 7 aromatic carbocycles. The van der Waals surface area contributed by atoms with Gasteiger partial charge in [0.15, 0.2) is 0 Å². The van der Waals surface area contributed by atoms with Crippen molar-refractivity contribution in [2.45, 2.75) is 24.2 Å². The monoisotopic (exact) mass is 776 g/mol. The second-order valence-corrected chi connectivity index (χ2v) is 16.6. The Hall–Kier alpha value is -6.04. The van der Waals surface area contributed by atoms with E-state index in [1.807, 2.05) is 12.1 Å². The number of hydrogen-bond acceptors (Lipinski definition) is 7. The standard InChI is InChI=1S/C49H45O7P/c1-51-35-22-32(23-36(28-35)52-2)45-26-34(50)27-46(33-24-37(53-3)29-38(25-33)54-4)57(45)49-41(47-39-14-9-7-12-30(39)18-20-43(47)55-5)16-11-17-42(49)48-40-15-10-8-13-31(40)19-21-44(48)56-6/h7-25,28-29,45-46H,26-27H2,1-6H3. The predicted molar refractivity (Wildman–Crippen MR) is 231 cm³/mol. The van der Waals surface area contributed by atoms with Crippen LogP contribution < -0.4 is 33.7 Å². The molecule has 288 valence electrons. The molecule has 0 aromatic heterocycles. The highest BCUT2D eigenvalue weighted by Crippen LogP contribution is 2.69. The molecule has 8 heteroatoms. The minimum absolute atomic E-state index is 0.178. The van der Waals surface area contributed by atoms with Crippen LogP contribution in [0.15, 0.2) is 127 Å². The van der Waals surface area contributed by atoms with Crippen molar-refractivity contribution in [3.8, 4) is 56.8 Å². The van der Waals surface area contributed by atoms with Gasteiger partial charge in [-0.25, -0.2) is 0 Å². The maximum absolute atomic E-state index is 14.3. The number of hydrogen-bond donors (Lipinski definition) is 0. The van der Waals surface area contributed by atoms with Gasteiger partial charge in [0.25, 0.3) is 0 Å². The maximum atomic E-state index is 14.3. The molecule has 0 bridgehead atoms. The summed E-state index contributed by atoms with van der Waals surface area (Å²) < 4.78 is 35.9. The van der Waals surface area contributed by atoms with Crippen molar-refractivity contribution < 1.29 is 33.2 Å².